The first kappa shape index (κ1) is 15.1. The van der Waals surface area contributed by atoms with E-state index in [0.717, 1.165) is 5.56 Å². The molecule has 5 heteroatoms. The van der Waals surface area contributed by atoms with Crippen LogP contribution in [0.4, 0.5) is 0 Å². The Balaban J connectivity index is 2.54. The molecule has 2 rings (SSSR count). The van der Waals surface area contributed by atoms with Gasteiger partial charge in [0.15, 0.2) is 5.78 Å². The molecule has 0 aliphatic heterocycles. The van der Waals surface area contributed by atoms with E-state index in [2.05, 4.69) is 27.0 Å². The Morgan fingerprint density at radius 1 is 1.55 bits per heavy atom. The third-order valence-corrected chi connectivity index (χ3v) is 4.67. The number of ether oxygens (including phenoxy) is 1. The van der Waals surface area contributed by atoms with Crippen LogP contribution in [0.15, 0.2) is 22.9 Å². The third kappa shape index (κ3) is 2.38. The lowest BCUT2D eigenvalue weighted by Gasteiger charge is -2.45. The highest BCUT2D eigenvalue weighted by molar-refractivity contribution is 9.10. The van der Waals surface area contributed by atoms with Crippen molar-refractivity contribution < 1.29 is 9.53 Å². The van der Waals surface area contributed by atoms with Gasteiger partial charge in [-0.3, -0.25) is 4.79 Å². The van der Waals surface area contributed by atoms with Gasteiger partial charge >= 0.3 is 0 Å². The van der Waals surface area contributed by atoms with Gasteiger partial charge in [0.1, 0.15) is 10.5 Å². The highest BCUT2D eigenvalue weighted by atomic mass is 79.9. The van der Waals surface area contributed by atoms with Crippen molar-refractivity contribution in [3.63, 3.8) is 0 Å². The number of ketones is 1. The van der Waals surface area contributed by atoms with Crippen LogP contribution in [-0.4, -0.2) is 17.9 Å². The normalized spacial score (nSPS) is 28.9. The Morgan fingerprint density at radius 3 is 2.80 bits per heavy atom. The van der Waals surface area contributed by atoms with Crippen molar-refractivity contribution in [1.29, 1.82) is 5.26 Å². The van der Waals surface area contributed by atoms with Gasteiger partial charge in [-0.2, -0.15) is 5.26 Å². The van der Waals surface area contributed by atoms with Crippen LogP contribution in [0, 0.1) is 22.7 Å². The van der Waals surface area contributed by atoms with E-state index in [-0.39, 0.29) is 5.78 Å². The van der Waals surface area contributed by atoms with Crippen molar-refractivity contribution in [3.8, 4) is 6.07 Å². The van der Waals surface area contributed by atoms with E-state index in [1.807, 2.05) is 26.0 Å². The van der Waals surface area contributed by atoms with Crippen LogP contribution in [0.5, 0.6) is 0 Å². The van der Waals surface area contributed by atoms with Gasteiger partial charge in [0.2, 0.25) is 0 Å². The molecule has 1 heterocycles. The highest BCUT2D eigenvalue weighted by Crippen LogP contribution is 2.49. The summed E-state index contributed by atoms with van der Waals surface area (Å²) in [5.74, 6) is -0.654. The van der Waals surface area contributed by atoms with Gasteiger partial charge in [-0.15, -0.1) is 0 Å². The quantitative estimate of drug-likeness (QED) is 0.778. The molecule has 0 bridgehead atoms. The number of Topliss-reactive ketones (excluding diaryl/α,β-unsaturated/α-hetero) is 1. The van der Waals surface area contributed by atoms with E-state index in [9.17, 15) is 10.1 Å². The number of hydrogen-bond donors (Lipinski definition) is 0. The second kappa shape index (κ2) is 5.27. The first-order valence-corrected chi connectivity index (χ1v) is 7.26. The minimum Gasteiger partial charge on any atom is -0.373 e. The Hall–Kier alpha value is -1.25. The number of hydrogen-bond acceptors (Lipinski definition) is 4. The zero-order valence-corrected chi connectivity index (χ0v) is 13.4. The predicted octanol–water partition coefficient (Wildman–Crippen LogP) is 3.21. The number of carbonyl (C=O) groups excluding carboxylic acids is 1. The molecule has 1 aromatic rings. The van der Waals surface area contributed by atoms with Gasteiger partial charge in [-0.25, -0.2) is 4.98 Å². The summed E-state index contributed by atoms with van der Waals surface area (Å²) in [6.07, 6.45) is 2.60. The number of nitriles is 1. The number of nitrogens with zero attached hydrogens (tertiary/aromatic N) is 2. The molecular weight excluding hydrogens is 320 g/mol. The molecule has 1 aliphatic carbocycles. The van der Waals surface area contributed by atoms with Crippen molar-refractivity contribution in [2.75, 3.05) is 7.11 Å². The molecule has 0 aromatic carbocycles. The van der Waals surface area contributed by atoms with Gasteiger partial charge in [0.25, 0.3) is 0 Å². The number of carbonyl (C=O) groups is 1. The smallest absolute Gasteiger partial charge is 0.155 e. The molecule has 0 N–H and O–H groups in total. The lowest BCUT2D eigenvalue weighted by Crippen LogP contribution is -2.48. The Morgan fingerprint density at radius 2 is 2.25 bits per heavy atom. The zero-order valence-electron chi connectivity index (χ0n) is 11.8. The Kier molecular flexibility index (Phi) is 3.99. The summed E-state index contributed by atoms with van der Waals surface area (Å²) in [6.45, 7) is 3.74. The molecule has 1 aromatic heterocycles. The molecule has 0 saturated heterocycles. The molecule has 4 nitrogen and oxygen atoms in total. The maximum Gasteiger partial charge on any atom is 0.155 e. The largest absolute Gasteiger partial charge is 0.373 e. The van der Waals surface area contributed by atoms with E-state index in [0.29, 0.717) is 17.4 Å². The summed E-state index contributed by atoms with van der Waals surface area (Å²) in [7, 11) is 1.62. The van der Waals surface area contributed by atoms with Crippen LogP contribution in [0.3, 0.4) is 0 Å². The summed E-state index contributed by atoms with van der Waals surface area (Å²) < 4.78 is 6.49. The standard InChI is InChI=1S/C15H17BrN2O2/c1-14(2)9-15(20-3,7-10(8-17)12(14)19)11-5-4-6-18-13(11)16/h4-6,10H,7,9H2,1-3H3. The summed E-state index contributed by atoms with van der Waals surface area (Å²) in [5.41, 5.74) is -0.363. The first-order valence-electron chi connectivity index (χ1n) is 6.46. The van der Waals surface area contributed by atoms with E-state index < -0.39 is 16.9 Å². The number of halogens is 1. The summed E-state index contributed by atoms with van der Waals surface area (Å²) >= 11 is 3.44. The maximum atomic E-state index is 12.3. The second-order valence-electron chi connectivity index (χ2n) is 5.85. The van der Waals surface area contributed by atoms with Crippen LogP contribution >= 0.6 is 15.9 Å². The molecule has 0 radical (unpaired) electrons. The molecule has 2 atom stereocenters. The molecule has 106 valence electrons. The minimum absolute atomic E-state index is 0.00677. The average Bonchev–Trinajstić information content (AvgIpc) is 2.42. The molecule has 1 fully saturated rings. The molecule has 1 aliphatic rings. The number of pyridine rings is 1. The van der Waals surface area contributed by atoms with Crippen LogP contribution in [0.25, 0.3) is 0 Å². The highest BCUT2D eigenvalue weighted by Gasteiger charge is 2.51. The summed E-state index contributed by atoms with van der Waals surface area (Å²) in [5, 5.41) is 9.28. The van der Waals surface area contributed by atoms with Gasteiger partial charge in [0.05, 0.1) is 11.7 Å². The Labute approximate surface area is 127 Å². The fourth-order valence-corrected chi connectivity index (χ4v) is 3.68. The number of methoxy groups -OCH3 is 1. The maximum absolute atomic E-state index is 12.3. The monoisotopic (exact) mass is 336 g/mol. The van der Waals surface area contributed by atoms with E-state index in [1.54, 1.807) is 13.3 Å². The van der Waals surface area contributed by atoms with Crippen LogP contribution in [-0.2, 0) is 15.1 Å². The summed E-state index contributed by atoms with van der Waals surface area (Å²) in [4.78, 5) is 16.5. The molecule has 0 spiro atoms. The zero-order chi connectivity index (χ0) is 15.0. The van der Waals surface area contributed by atoms with E-state index >= 15 is 0 Å². The number of aromatic nitrogens is 1. The fourth-order valence-electron chi connectivity index (χ4n) is 3.07. The van der Waals surface area contributed by atoms with Crippen molar-refractivity contribution >= 4 is 21.7 Å². The Bertz CT molecular complexity index is 579. The molecular formula is C15H17BrN2O2. The van der Waals surface area contributed by atoms with Crippen molar-refractivity contribution in [2.24, 2.45) is 11.3 Å². The van der Waals surface area contributed by atoms with Crippen molar-refractivity contribution in [3.05, 3.63) is 28.5 Å². The lowest BCUT2D eigenvalue weighted by molar-refractivity contribution is -0.148. The van der Waals surface area contributed by atoms with Crippen LogP contribution < -0.4 is 0 Å². The first-order chi connectivity index (χ1) is 9.36. The SMILES string of the molecule is COC1(c2cccnc2Br)CC(C#N)C(=O)C(C)(C)C1. The molecule has 0 amide bonds. The van der Waals surface area contributed by atoms with Gasteiger partial charge in [0, 0.05) is 30.7 Å². The minimum atomic E-state index is -0.662. The average molecular weight is 337 g/mol. The third-order valence-electron chi connectivity index (χ3n) is 4.04. The lowest BCUT2D eigenvalue weighted by atomic mass is 9.63. The topological polar surface area (TPSA) is 63.0 Å². The second-order valence-corrected chi connectivity index (χ2v) is 6.60. The van der Waals surface area contributed by atoms with Gasteiger partial charge < -0.3 is 4.74 Å². The van der Waals surface area contributed by atoms with E-state index in [1.165, 1.54) is 0 Å². The molecule has 20 heavy (non-hydrogen) atoms. The fraction of sp³-hybridized carbons (Fsp3) is 0.533. The van der Waals surface area contributed by atoms with Crippen LogP contribution in [0.2, 0.25) is 0 Å². The van der Waals surface area contributed by atoms with Crippen molar-refractivity contribution in [2.45, 2.75) is 32.3 Å². The van der Waals surface area contributed by atoms with Crippen LogP contribution in [0.1, 0.15) is 32.3 Å². The molecule has 2 unspecified atom stereocenters. The van der Waals surface area contributed by atoms with Gasteiger partial charge in [-0.05, 0) is 28.4 Å². The van der Waals surface area contributed by atoms with Gasteiger partial charge in [-0.1, -0.05) is 19.9 Å². The summed E-state index contributed by atoms with van der Waals surface area (Å²) in [6, 6.07) is 5.89. The predicted molar refractivity (Wildman–Crippen MR) is 77.7 cm³/mol. The molecule has 1 saturated carbocycles. The van der Waals surface area contributed by atoms with E-state index in [4.69, 9.17) is 4.74 Å². The number of rotatable bonds is 2. The van der Waals surface area contributed by atoms with Crippen molar-refractivity contribution in [1.82, 2.24) is 4.98 Å².